The predicted octanol–water partition coefficient (Wildman–Crippen LogP) is 4.00. The van der Waals surface area contributed by atoms with E-state index in [1.807, 2.05) is 0 Å². The van der Waals surface area contributed by atoms with Crippen molar-refractivity contribution in [2.75, 3.05) is 6.61 Å². The highest BCUT2D eigenvalue weighted by molar-refractivity contribution is 7.11. The summed E-state index contributed by atoms with van der Waals surface area (Å²) in [6.07, 6.45) is 6.83. The fourth-order valence-corrected chi connectivity index (χ4v) is 4.28. The van der Waals surface area contributed by atoms with Gasteiger partial charge in [-0.05, 0) is 44.9 Å². The fraction of sp³-hybridized carbons (Fsp3) is 0.812. The first-order valence-electron chi connectivity index (χ1n) is 7.98. The van der Waals surface area contributed by atoms with Gasteiger partial charge in [0, 0.05) is 18.0 Å². The molecule has 1 aromatic heterocycles. The maximum Gasteiger partial charge on any atom is 0.125 e. The van der Waals surface area contributed by atoms with Crippen LogP contribution in [0.4, 0.5) is 0 Å². The lowest BCUT2D eigenvalue weighted by Crippen LogP contribution is -2.34. The first-order valence-corrected chi connectivity index (χ1v) is 8.80. The van der Waals surface area contributed by atoms with Crippen molar-refractivity contribution in [3.8, 4) is 0 Å². The minimum Gasteiger partial charge on any atom is -0.368 e. The highest BCUT2D eigenvalue weighted by atomic mass is 32.1. The van der Waals surface area contributed by atoms with Crippen LogP contribution in [0.5, 0.6) is 0 Å². The van der Waals surface area contributed by atoms with Crippen molar-refractivity contribution < 1.29 is 4.74 Å². The zero-order valence-electron chi connectivity index (χ0n) is 13.1. The summed E-state index contributed by atoms with van der Waals surface area (Å²) in [6, 6.07) is 0. The first-order chi connectivity index (χ1) is 9.65. The Morgan fingerprint density at radius 3 is 2.60 bits per heavy atom. The summed E-state index contributed by atoms with van der Waals surface area (Å²) in [7, 11) is 0. The van der Waals surface area contributed by atoms with E-state index in [9.17, 15) is 0 Å². The molecule has 0 saturated heterocycles. The van der Waals surface area contributed by atoms with Crippen LogP contribution in [0.1, 0.15) is 68.5 Å². The maximum absolute atomic E-state index is 6.20. The second-order valence-electron chi connectivity index (χ2n) is 5.95. The Balaban J connectivity index is 2.29. The van der Waals surface area contributed by atoms with Gasteiger partial charge in [-0.15, -0.1) is 11.3 Å². The molecular formula is C16H28N2OS. The number of hydrogen-bond donors (Lipinski definition) is 1. The quantitative estimate of drug-likeness (QED) is 0.863. The summed E-state index contributed by atoms with van der Waals surface area (Å²) in [5, 5.41) is 1.18. The third-order valence-corrected chi connectivity index (χ3v) is 5.65. The molecule has 114 valence electrons. The van der Waals surface area contributed by atoms with Crippen LogP contribution in [-0.2, 0) is 23.3 Å². The molecule has 0 amide bonds. The Labute approximate surface area is 126 Å². The monoisotopic (exact) mass is 296 g/mol. The summed E-state index contributed by atoms with van der Waals surface area (Å²) >= 11 is 1.78. The minimum absolute atomic E-state index is 0.137. The average molecular weight is 296 g/mol. The lowest BCUT2D eigenvalue weighted by molar-refractivity contribution is -0.0777. The minimum atomic E-state index is -0.137. The Hall–Kier alpha value is -0.450. The van der Waals surface area contributed by atoms with Gasteiger partial charge < -0.3 is 10.5 Å². The lowest BCUT2D eigenvalue weighted by Gasteiger charge is -2.37. The van der Waals surface area contributed by atoms with Gasteiger partial charge in [-0.3, -0.25) is 0 Å². The highest BCUT2D eigenvalue weighted by Crippen LogP contribution is 2.44. The molecule has 0 spiro atoms. The van der Waals surface area contributed by atoms with Crippen molar-refractivity contribution in [1.82, 2.24) is 4.98 Å². The Morgan fingerprint density at radius 2 is 2.05 bits per heavy atom. The van der Waals surface area contributed by atoms with Crippen molar-refractivity contribution in [3.63, 3.8) is 0 Å². The van der Waals surface area contributed by atoms with Gasteiger partial charge >= 0.3 is 0 Å². The molecule has 3 nitrogen and oxygen atoms in total. The van der Waals surface area contributed by atoms with Crippen molar-refractivity contribution in [2.24, 2.45) is 11.7 Å². The number of thiazole rings is 1. The van der Waals surface area contributed by atoms with Gasteiger partial charge in [0.15, 0.2) is 0 Å². The molecule has 1 heterocycles. The van der Waals surface area contributed by atoms with E-state index in [0.29, 0.717) is 6.54 Å². The molecule has 20 heavy (non-hydrogen) atoms. The second-order valence-corrected chi connectivity index (χ2v) is 7.04. The average Bonchev–Trinajstić information content (AvgIpc) is 2.86. The molecule has 1 saturated carbocycles. The zero-order chi connectivity index (χ0) is 14.6. The molecule has 2 N–H and O–H groups in total. The van der Waals surface area contributed by atoms with Crippen molar-refractivity contribution in [1.29, 1.82) is 0 Å². The normalized spacial score (nSPS) is 26.9. The molecule has 4 heteroatoms. The van der Waals surface area contributed by atoms with Crippen LogP contribution in [0.15, 0.2) is 0 Å². The van der Waals surface area contributed by atoms with Gasteiger partial charge in [0.05, 0.1) is 5.69 Å². The molecule has 0 aliphatic heterocycles. The SMILES string of the molecule is CCCc1nc(C2(OCC)CCC(C)CC2)sc1CN. The number of aryl methyl sites for hydroxylation is 1. The molecule has 1 aliphatic carbocycles. The van der Waals surface area contributed by atoms with E-state index in [1.165, 1.54) is 28.4 Å². The predicted molar refractivity (Wildman–Crippen MR) is 84.9 cm³/mol. The number of ether oxygens (including phenoxy) is 1. The van der Waals surface area contributed by atoms with Gasteiger partial charge in [-0.25, -0.2) is 4.98 Å². The topological polar surface area (TPSA) is 48.1 Å². The van der Waals surface area contributed by atoms with Gasteiger partial charge in [-0.2, -0.15) is 0 Å². The molecule has 1 aromatic rings. The van der Waals surface area contributed by atoms with E-state index in [-0.39, 0.29) is 5.60 Å². The smallest absolute Gasteiger partial charge is 0.125 e. The summed E-state index contributed by atoms with van der Waals surface area (Å²) in [5.41, 5.74) is 6.96. The number of hydrogen-bond acceptors (Lipinski definition) is 4. The van der Waals surface area contributed by atoms with Crippen LogP contribution < -0.4 is 5.73 Å². The van der Waals surface area contributed by atoms with Crippen LogP contribution in [0.25, 0.3) is 0 Å². The van der Waals surface area contributed by atoms with Crippen LogP contribution >= 0.6 is 11.3 Å². The molecule has 1 fully saturated rings. The maximum atomic E-state index is 6.20. The first kappa shape index (κ1) is 15.9. The van der Waals surface area contributed by atoms with Crippen LogP contribution in [0, 0.1) is 5.92 Å². The fourth-order valence-electron chi connectivity index (χ4n) is 3.09. The van der Waals surface area contributed by atoms with Gasteiger partial charge in [0.1, 0.15) is 10.6 Å². The van der Waals surface area contributed by atoms with E-state index < -0.39 is 0 Å². The molecular weight excluding hydrogens is 268 g/mol. The third-order valence-electron chi connectivity index (χ3n) is 4.34. The van der Waals surface area contributed by atoms with E-state index in [1.54, 1.807) is 11.3 Å². The number of nitrogens with two attached hydrogens (primary N) is 1. The summed E-state index contributed by atoms with van der Waals surface area (Å²) in [6.45, 7) is 7.98. The van der Waals surface area contributed by atoms with Crippen molar-refractivity contribution in [2.45, 2.75) is 71.4 Å². The van der Waals surface area contributed by atoms with Crippen LogP contribution in [0.2, 0.25) is 0 Å². The summed E-state index contributed by atoms with van der Waals surface area (Å²) in [5.74, 6) is 0.813. The van der Waals surface area contributed by atoms with Crippen LogP contribution in [-0.4, -0.2) is 11.6 Å². The Kier molecular flexibility index (Phi) is 5.58. The van der Waals surface area contributed by atoms with Crippen molar-refractivity contribution >= 4 is 11.3 Å². The Bertz CT molecular complexity index is 422. The van der Waals surface area contributed by atoms with E-state index in [0.717, 1.165) is 38.2 Å². The zero-order valence-corrected chi connectivity index (χ0v) is 13.9. The highest BCUT2D eigenvalue weighted by Gasteiger charge is 2.39. The summed E-state index contributed by atoms with van der Waals surface area (Å²) < 4.78 is 6.20. The second kappa shape index (κ2) is 7.01. The van der Waals surface area contributed by atoms with Crippen LogP contribution in [0.3, 0.4) is 0 Å². The van der Waals surface area contributed by atoms with Gasteiger partial charge in [0.25, 0.3) is 0 Å². The summed E-state index contributed by atoms with van der Waals surface area (Å²) in [4.78, 5) is 6.17. The van der Waals surface area contributed by atoms with Gasteiger partial charge in [0.2, 0.25) is 0 Å². The van der Waals surface area contributed by atoms with E-state index in [4.69, 9.17) is 15.5 Å². The molecule has 0 atom stereocenters. The van der Waals surface area contributed by atoms with Gasteiger partial charge in [-0.1, -0.05) is 20.3 Å². The van der Waals surface area contributed by atoms with Crippen molar-refractivity contribution in [3.05, 3.63) is 15.6 Å². The number of nitrogens with zero attached hydrogens (tertiary/aromatic N) is 1. The van der Waals surface area contributed by atoms with E-state index in [2.05, 4.69) is 20.8 Å². The number of rotatable bonds is 6. The molecule has 0 aromatic carbocycles. The molecule has 0 bridgehead atoms. The molecule has 1 aliphatic rings. The van der Waals surface area contributed by atoms with E-state index >= 15 is 0 Å². The number of aromatic nitrogens is 1. The largest absolute Gasteiger partial charge is 0.368 e. The Morgan fingerprint density at radius 1 is 1.35 bits per heavy atom. The lowest BCUT2D eigenvalue weighted by atomic mass is 9.79. The molecule has 0 radical (unpaired) electrons. The molecule has 2 rings (SSSR count). The third kappa shape index (κ3) is 3.23. The standard InChI is InChI=1S/C16H28N2OS/c1-4-6-13-14(11-17)20-15(18-13)16(19-5-2)9-7-12(3)8-10-16/h12H,4-11,17H2,1-3H3. The molecule has 0 unspecified atom stereocenters.